The number of fused-ring (bicyclic) bond motifs is 1. The minimum Gasteiger partial charge on any atom is -0.332 e. The van der Waals surface area contributed by atoms with Crippen LogP contribution < -0.4 is 0 Å². The Hall–Kier alpha value is -2.73. The van der Waals surface area contributed by atoms with Gasteiger partial charge in [0.1, 0.15) is 5.82 Å². The zero-order valence-corrected chi connectivity index (χ0v) is 15.4. The van der Waals surface area contributed by atoms with Gasteiger partial charge in [0.2, 0.25) is 0 Å². The van der Waals surface area contributed by atoms with Gasteiger partial charge in [0.05, 0.1) is 5.52 Å². The van der Waals surface area contributed by atoms with Crippen LogP contribution in [0.25, 0.3) is 10.9 Å². The zero-order valence-electron chi connectivity index (χ0n) is 15.4. The first-order valence-electron chi connectivity index (χ1n) is 9.32. The van der Waals surface area contributed by atoms with Crippen molar-refractivity contribution in [2.45, 2.75) is 19.4 Å². The number of para-hydroxylation sites is 1. The third-order valence-corrected chi connectivity index (χ3v) is 5.28. The maximum atomic E-state index is 13.0. The molecule has 140 valence electrons. The third kappa shape index (κ3) is 3.71. The average Bonchev–Trinajstić information content (AvgIpc) is 3.11. The van der Waals surface area contributed by atoms with Crippen LogP contribution in [0.2, 0.25) is 0 Å². The second-order valence-electron chi connectivity index (χ2n) is 7.14. The van der Waals surface area contributed by atoms with Crippen LogP contribution in [0.15, 0.2) is 48.5 Å². The second kappa shape index (κ2) is 7.48. The molecule has 0 bridgehead atoms. The summed E-state index contributed by atoms with van der Waals surface area (Å²) in [6, 6.07) is 14.5. The second-order valence-corrected chi connectivity index (χ2v) is 7.14. The number of piperazine rings is 1. The van der Waals surface area contributed by atoms with Crippen LogP contribution in [-0.2, 0) is 6.42 Å². The largest absolute Gasteiger partial charge is 0.332 e. The van der Waals surface area contributed by atoms with Gasteiger partial charge in [0.25, 0.3) is 5.91 Å². The molecule has 1 amide bonds. The Morgan fingerprint density at radius 2 is 1.96 bits per heavy atom. The lowest BCUT2D eigenvalue weighted by Crippen LogP contribution is -2.54. The van der Waals surface area contributed by atoms with E-state index in [0.717, 1.165) is 42.5 Å². The molecule has 1 N–H and O–H groups in total. The van der Waals surface area contributed by atoms with Crippen LogP contribution >= 0.6 is 0 Å². The van der Waals surface area contributed by atoms with Crippen molar-refractivity contribution in [1.29, 1.82) is 0 Å². The van der Waals surface area contributed by atoms with Gasteiger partial charge in [-0.3, -0.25) is 14.8 Å². The van der Waals surface area contributed by atoms with E-state index in [4.69, 9.17) is 0 Å². The molecule has 0 radical (unpaired) electrons. The number of hydrogen-bond acceptors (Lipinski definition) is 3. The summed E-state index contributed by atoms with van der Waals surface area (Å²) < 4.78 is 13.0. The van der Waals surface area contributed by atoms with Crippen LogP contribution in [0.3, 0.4) is 0 Å². The van der Waals surface area contributed by atoms with Gasteiger partial charge in [-0.25, -0.2) is 4.39 Å². The maximum absolute atomic E-state index is 13.0. The van der Waals surface area contributed by atoms with Crippen molar-refractivity contribution < 1.29 is 9.18 Å². The topological polar surface area (TPSA) is 52.2 Å². The summed E-state index contributed by atoms with van der Waals surface area (Å²) in [5, 5.41) is 8.06. The molecular weight excluding hydrogens is 343 g/mol. The van der Waals surface area contributed by atoms with E-state index in [1.165, 1.54) is 12.1 Å². The van der Waals surface area contributed by atoms with Gasteiger partial charge in [-0.05, 0) is 37.1 Å². The Morgan fingerprint density at radius 1 is 1.19 bits per heavy atom. The highest BCUT2D eigenvalue weighted by molar-refractivity contribution is 6.04. The zero-order chi connectivity index (χ0) is 18.8. The lowest BCUT2D eigenvalue weighted by molar-refractivity contribution is 0.0488. The first-order valence-corrected chi connectivity index (χ1v) is 9.32. The van der Waals surface area contributed by atoms with Crippen molar-refractivity contribution in [2.24, 2.45) is 0 Å². The summed E-state index contributed by atoms with van der Waals surface area (Å²) >= 11 is 0. The Labute approximate surface area is 157 Å². The Bertz CT molecular complexity index is 937. The van der Waals surface area contributed by atoms with Gasteiger partial charge in [-0.1, -0.05) is 30.3 Å². The molecule has 0 saturated carbocycles. The molecule has 1 aliphatic heterocycles. The number of benzene rings is 2. The maximum Gasteiger partial charge on any atom is 0.275 e. The molecule has 0 unspecified atom stereocenters. The number of nitrogens with one attached hydrogen (secondary N) is 1. The Kier molecular flexibility index (Phi) is 4.90. The van der Waals surface area contributed by atoms with Gasteiger partial charge in [-0.2, -0.15) is 5.10 Å². The molecular formula is C21H23FN4O. The van der Waals surface area contributed by atoms with Gasteiger partial charge in [0, 0.05) is 37.6 Å². The number of carbonyl (C=O) groups excluding carboxylic acids is 1. The summed E-state index contributed by atoms with van der Waals surface area (Å²) in [6.45, 7) is 5.33. The van der Waals surface area contributed by atoms with E-state index >= 15 is 0 Å². The highest BCUT2D eigenvalue weighted by Gasteiger charge is 2.29. The molecule has 6 heteroatoms. The van der Waals surface area contributed by atoms with Crippen LogP contribution in [-0.4, -0.2) is 58.1 Å². The molecule has 27 heavy (non-hydrogen) atoms. The number of rotatable bonds is 4. The summed E-state index contributed by atoms with van der Waals surface area (Å²) in [5.74, 6) is -0.219. The number of aromatic amines is 1. The number of aromatic nitrogens is 2. The van der Waals surface area contributed by atoms with Crippen molar-refractivity contribution in [2.75, 3.05) is 26.2 Å². The molecule has 1 aliphatic rings. The summed E-state index contributed by atoms with van der Waals surface area (Å²) in [5.41, 5.74) is 2.51. The number of halogens is 1. The Morgan fingerprint density at radius 3 is 2.74 bits per heavy atom. The monoisotopic (exact) mass is 366 g/mol. The minimum absolute atomic E-state index is 0.0156. The fraction of sp³-hybridized carbons (Fsp3) is 0.333. The SMILES string of the molecule is C[C@H]1CN(CCc2ccc(F)cc2)CCN1C(=O)c1n[nH]c2ccccc12. The predicted molar refractivity (Wildman–Crippen MR) is 103 cm³/mol. The number of carbonyl (C=O) groups is 1. The van der Waals surface area contributed by atoms with Crippen molar-refractivity contribution in [1.82, 2.24) is 20.0 Å². The van der Waals surface area contributed by atoms with E-state index in [0.29, 0.717) is 12.2 Å². The molecule has 1 atom stereocenters. The molecule has 0 aliphatic carbocycles. The Balaban J connectivity index is 1.38. The van der Waals surface area contributed by atoms with Gasteiger partial charge >= 0.3 is 0 Å². The summed E-state index contributed by atoms with van der Waals surface area (Å²) in [6.07, 6.45) is 0.880. The molecule has 2 aromatic carbocycles. The van der Waals surface area contributed by atoms with Crippen molar-refractivity contribution in [3.63, 3.8) is 0 Å². The first kappa shape index (κ1) is 17.7. The quantitative estimate of drug-likeness (QED) is 0.772. The molecule has 1 aromatic heterocycles. The predicted octanol–water partition coefficient (Wildman–Crippen LogP) is 3.09. The highest BCUT2D eigenvalue weighted by atomic mass is 19.1. The van der Waals surface area contributed by atoms with Crippen molar-refractivity contribution in [3.8, 4) is 0 Å². The molecule has 2 heterocycles. The van der Waals surface area contributed by atoms with E-state index < -0.39 is 0 Å². The molecule has 1 fully saturated rings. The average molecular weight is 366 g/mol. The lowest BCUT2D eigenvalue weighted by Gasteiger charge is -2.39. The minimum atomic E-state index is -0.203. The normalized spacial score (nSPS) is 18.1. The standard InChI is InChI=1S/C21H23FN4O/c1-15-14-25(11-10-16-6-8-17(22)9-7-16)12-13-26(15)21(27)20-18-4-2-3-5-19(18)23-24-20/h2-9,15H,10-14H2,1H3,(H,23,24)/t15-/m0/s1. The van der Waals surface area contributed by atoms with Crippen molar-refractivity contribution >= 4 is 16.8 Å². The van der Waals surface area contributed by atoms with E-state index in [1.807, 2.05) is 41.3 Å². The van der Waals surface area contributed by atoms with E-state index in [-0.39, 0.29) is 17.8 Å². The number of amides is 1. The summed E-state index contributed by atoms with van der Waals surface area (Å²) in [4.78, 5) is 17.3. The van der Waals surface area contributed by atoms with Crippen molar-refractivity contribution in [3.05, 3.63) is 65.6 Å². The van der Waals surface area contributed by atoms with Gasteiger partial charge in [0.15, 0.2) is 5.69 Å². The first-order chi connectivity index (χ1) is 13.1. The number of hydrogen-bond donors (Lipinski definition) is 1. The molecule has 1 saturated heterocycles. The third-order valence-electron chi connectivity index (χ3n) is 5.28. The molecule has 4 rings (SSSR count). The summed E-state index contributed by atoms with van der Waals surface area (Å²) in [7, 11) is 0. The highest BCUT2D eigenvalue weighted by Crippen LogP contribution is 2.20. The van der Waals surface area contributed by atoms with E-state index in [2.05, 4.69) is 22.0 Å². The van der Waals surface area contributed by atoms with E-state index in [9.17, 15) is 9.18 Å². The fourth-order valence-electron chi connectivity index (χ4n) is 3.74. The van der Waals surface area contributed by atoms with Gasteiger partial charge in [-0.15, -0.1) is 0 Å². The van der Waals surface area contributed by atoms with Crippen LogP contribution in [0.4, 0.5) is 4.39 Å². The smallest absolute Gasteiger partial charge is 0.275 e. The van der Waals surface area contributed by atoms with Crippen LogP contribution in [0.1, 0.15) is 23.0 Å². The van der Waals surface area contributed by atoms with E-state index in [1.54, 1.807) is 0 Å². The van der Waals surface area contributed by atoms with Gasteiger partial charge < -0.3 is 4.90 Å². The number of H-pyrrole nitrogens is 1. The lowest BCUT2D eigenvalue weighted by atomic mass is 10.1. The number of nitrogens with zero attached hydrogens (tertiary/aromatic N) is 3. The van der Waals surface area contributed by atoms with Crippen LogP contribution in [0.5, 0.6) is 0 Å². The van der Waals surface area contributed by atoms with Crippen LogP contribution in [0, 0.1) is 5.82 Å². The molecule has 0 spiro atoms. The molecule has 5 nitrogen and oxygen atoms in total. The fourth-order valence-corrected chi connectivity index (χ4v) is 3.74. The molecule has 3 aromatic rings.